The van der Waals surface area contributed by atoms with E-state index in [0.29, 0.717) is 0 Å². The average molecular weight is 221 g/mol. The van der Waals surface area contributed by atoms with Gasteiger partial charge in [-0.2, -0.15) is 5.10 Å². The van der Waals surface area contributed by atoms with E-state index in [-0.39, 0.29) is 11.0 Å². The fourth-order valence-corrected chi connectivity index (χ4v) is 1.30. The first-order valence-corrected chi connectivity index (χ1v) is 5.78. The van der Waals surface area contributed by atoms with Crippen LogP contribution in [-0.2, 0) is 11.7 Å². The summed E-state index contributed by atoms with van der Waals surface area (Å²) >= 11 is 0. The van der Waals surface area contributed by atoms with Crippen LogP contribution in [0.1, 0.15) is 41.0 Å². The molecule has 0 amide bonds. The molecule has 0 bridgehead atoms. The van der Waals surface area contributed by atoms with Gasteiger partial charge >= 0.3 is 7.48 Å². The molecule has 1 aromatic rings. The standard InChI is InChI=1S/C12H22BN2O/c1-7-11(2,3)12(4,5)16-13-10-8-14-15(6)9-10/h8-9H,7H2,1-6H3. The van der Waals surface area contributed by atoms with Crippen molar-refractivity contribution in [2.24, 2.45) is 12.5 Å². The first-order valence-electron chi connectivity index (χ1n) is 5.78. The first-order chi connectivity index (χ1) is 7.28. The van der Waals surface area contributed by atoms with Crippen LogP contribution in [0.25, 0.3) is 0 Å². The van der Waals surface area contributed by atoms with Crippen molar-refractivity contribution >= 4 is 12.9 Å². The molecule has 1 aromatic heterocycles. The van der Waals surface area contributed by atoms with Gasteiger partial charge in [-0.1, -0.05) is 20.8 Å². The van der Waals surface area contributed by atoms with E-state index in [9.17, 15) is 0 Å². The largest absolute Gasteiger partial charge is 0.429 e. The van der Waals surface area contributed by atoms with Crippen molar-refractivity contribution in [3.63, 3.8) is 0 Å². The SMILES string of the molecule is CCC(C)(C)C(C)(C)O[B]c1cnn(C)c1. The van der Waals surface area contributed by atoms with E-state index >= 15 is 0 Å². The van der Waals surface area contributed by atoms with Crippen molar-refractivity contribution in [1.82, 2.24) is 9.78 Å². The van der Waals surface area contributed by atoms with Gasteiger partial charge in [0.1, 0.15) is 0 Å². The van der Waals surface area contributed by atoms with Crippen LogP contribution in [0.15, 0.2) is 12.4 Å². The molecule has 1 heterocycles. The first kappa shape index (κ1) is 13.3. The third kappa shape index (κ3) is 2.88. The van der Waals surface area contributed by atoms with E-state index in [1.165, 1.54) is 0 Å². The normalized spacial score (nSPS) is 12.9. The highest BCUT2D eigenvalue weighted by Gasteiger charge is 2.36. The summed E-state index contributed by atoms with van der Waals surface area (Å²) in [6.45, 7) is 10.9. The lowest BCUT2D eigenvalue weighted by Gasteiger charge is -2.41. The molecule has 0 N–H and O–H groups in total. The lowest BCUT2D eigenvalue weighted by molar-refractivity contribution is -0.00927. The minimum atomic E-state index is -0.183. The molecule has 0 atom stereocenters. The van der Waals surface area contributed by atoms with Gasteiger partial charge < -0.3 is 4.65 Å². The second-order valence-corrected chi connectivity index (χ2v) is 5.43. The van der Waals surface area contributed by atoms with E-state index in [0.717, 1.165) is 11.9 Å². The Hall–Kier alpha value is -0.765. The molecule has 3 nitrogen and oxygen atoms in total. The fraction of sp³-hybridized carbons (Fsp3) is 0.750. The molecule has 0 aromatic carbocycles. The molecule has 0 unspecified atom stereocenters. The summed E-state index contributed by atoms with van der Waals surface area (Å²) < 4.78 is 7.68. The van der Waals surface area contributed by atoms with E-state index in [1.54, 1.807) is 18.4 Å². The Morgan fingerprint density at radius 1 is 1.38 bits per heavy atom. The van der Waals surface area contributed by atoms with Crippen LogP contribution in [0.5, 0.6) is 0 Å². The number of rotatable bonds is 5. The van der Waals surface area contributed by atoms with Crippen LogP contribution in [0, 0.1) is 5.41 Å². The molecule has 0 aliphatic rings. The maximum absolute atomic E-state index is 5.91. The van der Waals surface area contributed by atoms with Crippen LogP contribution >= 0.6 is 0 Å². The van der Waals surface area contributed by atoms with Crippen molar-refractivity contribution in [2.75, 3.05) is 0 Å². The Labute approximate surface area is 99.5 Å². The van der Waals surface area contributed by atoms with Crippen molar-refractivity contribution in [2.45, 2.75) is 46.6 Å². The monoisotopic (exact) mass is 221 g/mol. The molecule has 1 rings (SSSR count). The molecular weight excluding hydrogens is 199 g/mol. The fourth-order valence-electron chi connectivity index (χ4n) is 1.30. The highest BCUT2D eigenvalue weighted by atomic mass is 16.5. The van der Waals surface area contributed by atoms with Gasteiger partial charge in [0, 0.05) is 19.4 Å². The van der Waals surface area contributed by atoms with Gasteiger partial charge in [-0.05, 0) is 31.1 Å². The van der Waals surface area contributed by atoms with Crippen molar-refractivity contribution in [3.8, 4) is 0 Å². The molecule has 1 radical (unpaired) electrons. The zero-order valence-corrected chi connectivity index (χ0v) is 11.2. The molecule has 89 valence electrons. The van der Waals surface area contributed by atoms with Gasteiger partial charge in [0.15, 0.2) is 0 Å². The number of hydrogen-bond donors (Lipinski definition) is 0. The van der Waals surface area contributed by atoms with E-state index in [2.05, 4.69) is 39.7 Å². The predicted octanol–water partition coefficient (Wildman–Crippen LogP) is 1.90. The summed E-state index contributed by atoms with van der Waals surface area (Å²) in [5.41, 5.74) is 0.964. The van der Waals surface area contributed by atoms with Gasteiger partial charge in [0.2, 0.25) is 0 Å². The highest BCUT2D eigenvalue weighted by Crippen LogP contribution is 2.36. The summed E-state index contributed by atoms with van der Waals surface area (Å²) in [7, 11) is 3.70. The summed E-state index contributed by atoms with van der Waals surface area (Å²) in [4.78, 5) is 0. The Bertz CT molecular complexity index is 345. The third-order valence-electron chi connectivity index (χ3n) is 3.73. The lowest BCUT2D eigenvalue weighted by atomic mass is 9.73. The molecule has 0 aliphatic carbocycles. The van der Waals surface area contributed by atoms with Crippen LogP contribution in [0.3, 0.4) is 0 Å². The molecule has 4 heteroatoms. The van der Waals surface area contributed by atoms with Crippen molar-refractivity contribution in [3.05, 3.63) is 12.4 Å². The number of aromatic nitrogens is 2. The van der Waals surface area contributed by atoms with Crippen molar-refractivity contribution in [1.29, 1.82) is 0 Å². The second kappa shape index (κ2) is 4.62. The van der Waals surface area contributed by atoms with Crippen LogP contribution < -0.4 is 5.46 Å². The molecule has 0 spiro atoms. The molecular formula is C12H22BN2O. The number of nitrogens with zero attached hydrogens (tertiary/aromatic N) is 2. The van der Waals surface area contributed by atoms with Gasteiger partial charge in [-0.3, -0.25) is 4.68 Å². The van der Waals surface area contributed by atoms with Crippen LogP contribution in [0.2, 0.25) is 0 Å². The van der Waals surface area contributed by atoms with Crippen LogP contribution in [-0.4, -0.2) is 22.9 Å². The van der Waals surface area contributed by atoms with E-state index < -0.39 is 0 Å². The summed E-state index contributed by atoms with van der Waals surface area (Å²) in [6.07, 6.45) is 4.82. The molecule has 0 fully saturated rings. The highest BCUT2D eigenvalue weighted by molar-refractivity contribution is 6.46. The predicted molar refractivity (Wildman–Crippen MR) is 67.8 cm³/mol. The maximum Gasteiger partial charge on any atom is 0.333 e. The molecule has 0 saturated carbocycles. The second-order valence-electron chi connectivity index (χ2n) is 5.43. The Balaban J connectivity index is 2.60. The third-order valence-corrected chi connectivity index (χ3v) is 3.73. The van der Waals surface area contributed by atoms with E-state index in [4.69, 9.17) is 4.65 Å². The average Bonchev–Trinajstić information content (AvgIpc) is 2.61. The summed E-state index contributed by atoms with van der Waals surface area (Å²) in [5.74, 6) is 0. The van der Waals surface area contributed by atoms with Gasteiger partial charge in [-0.15, -0.1) is 0 Å². The van der Waals surface area contributed by atoms with E-state index in [1.807, 2.05) is 13.2 Å². The summed E-state index contributed by atoms with van der Waals surface area (Å²) in [6, 6.07) is 0. The van der Waals surface area contributed by atoms with Crippen LogP contribution in [0.4, 0.5) is 0 Å². The smallest absolute Gasteiger partial charge is 0.333 e. The quantitative estimate of drug-likeness (QED) is 0.710. The van der Waals surface area contributed by atoms with Gasteiger partial charge in [0.25, 0.3) is 0 Å². The Morgan fingerprint density at radius 3 is 2.44 bits per heavy atom. The molecule has 0 saturated heterocycles. The molecule has 16 heavy (non-hydrogen) atoms. The zero-order valence-electron chi connectivity index (χ0n) is 11.2. The minimum Gasteiger partial charge on any atom is -0.429 e. The number of hydrogen-bond acceptors (Lipinski definition) is 2. The summed E-state index contributed by atoms with van der Waals surface area (Å²) in [5, 5.41) is 4.11. The Kier molecular flexibility index (Phi) is 3.84. The maximum atomic E-state index is 5.91. The topological polar surface area (TPSA) is 27.1 Å². The molecule has 0 aliphatic heterocycles. The van der Waals surface area contributed by atoms with Gasteiger partial charge in [0.05, 0.1) is 5.60 Å². The Morgan fingerprint density at radius 2 is 2.00 bits per heavy atom. The zero-order chi connectivity index (χ0) is 12.4. The lowest BCUT2D eigenvalue weighted by Crippen LogP contribution is -2.43. The van der Waals surface area contributed by atoms with Gasteiger partial charge in [-0.25, -0.2) is 0 Å². The van der Waals surface area contributed by atoms with Crippen molar-refractivity contribution < 1.29 is 4.65 Å². The minimum absolute atomic E-state index is 0.145. The number of aryl methyl sites for hydroxylation is 1.